The third-order valence-corrected chi connectivity index (χ3v) is 5.11. The summed E-state index contributed by atoms with van der Waals surface area (Å²) in [6.45, 7) is -0.993. The Balaban J connectivity index is 1.85. The Morgan fingerprint density at radius 3 is 2.88 bits per heavy atom. The number of ether oxygens (including phenoxy) is 1. The van der Waals surface area contributed by atoms with Crippen LogP contribution in [0.1, 0.15) is 32.0 Å². The average molecular weight is 367 g/mol. The Morgan fingerprint density at radius 2 is 2.23 bits per heavy atom. The van der Waals surface area contributed by atoms with Gasteiger partial charge in [0.2, 0.25) is 5.97 Å². The number of hydrogen-bond acceptors (Lipinski definition) is 6. The van der Waals surface area contributed by atoms with Gasteiger partial charge in [-0.2, -0.15) is 18.3 Å². The summed E-state index contributed by atoms with van der Waals surface area (Å²) in [6.07, 6.45) is 2.46. The van der Waals surface area contributed by atoms with Crippen molar-refractivity contribution in [3.05, 3.63) is 29.2 Å². The first-order chi connectivity index (χ1) is 12.3. The number of fused-ring (bicyclic) bond motifs is 2. The number of carbonyl (C=O) groups excluding carboxylic acids is 1. The minimum Gasteiger partial charge on any atom is -0.469 e. The molecule has 3 atom stereocenters. The first-order valence-corrected chi connectivity index (χ1v) is 8.07. The van der Waals surface area contributed by atoms with Crippen LogP contribution in [0.25, 0.3) is 0 Å². The van der Waals surface area contributed by atoms with Gasteiger partial charge >= 0.3 is 12.5 Å². The molecule has 0 fully saturated rings. The van der Waals surface area contributed by atoms with Gasteiger partial charge in [-0.05, 0) is 19.4 Å². The summed E-state index contributed by atoms with van der Waals surface area (Å²) in [5.41, 5.74) is 0.557. The molecule has 26 heavy (non-hydrogen) atoms. The number of methoxy groups -OCH3 is 1. The van der Waals surface area contributed by atoms with Gasteiger partial charge in [0.25, 0.3) is 0 Å². The van der Waals surface area contributed by atoms with Crippen LogP contribution in [0.2, 0.25) is 0 Å². The summed E-state index contributed by atoms with van der Waals surface area (Å²) in [5.74, 6) is -1.69. The van der Waals surface area contributed by atoms with E-state index in [1.54, 1.807) is 13.1 Å². The number of alkyl halides is 2. The summed E-state index contributed by atoms with van der Waals surface area (Å²) < 4.78 is 45.1. The monoisotopic (exact) mass is 367 g/mol. The number of halogens is 3. The highest BCUT2D eigenvalue weighted by molar-refractivity contribution is 5.93. The Hall–Kier alpha value is -2.65. The van der Waals surface area contributed by atoms with Gasteiger partial charge in [0.1, 0.15) is 6.17 Å². The molecular formula is C16H16F3N5O2. The van der Waals surface area contributed by atoms with Crippen molar-refractivity contribution in [2.45, 2.75) is 37.9 Å². The molecule has 3 unspecified atom stereocenters. The number of hydrogen-bond donors (Lipinski definition) is 0. The molecule has 4 rings (SSSR count). The van der Waals surface area contributed by atoms with Crippen molar-refractivity contribution >= 4 is 18.1 Å². The fourth-order valence-corrected chi connectivity index (χ4v) is 3.90. The maximum atomic E-state index is 13.8. The highest BCUT2D eigenvalue weighted by Gasteiger charge is 2.53. The number of aromatic nitrogens is 2. The first-order valence-electron chi connectivity index (χ1n) is 8.07. The number of allylic oxidation sites excluding steroid dienone is 1. The molecule has 0 radical (unpaired) electrons. The molecule has 0 spiro atoms. The third kappa shape index (κ3) is 2.27. The molecule has 0 saturated heterocycles. The number of carbonyl (C=O) groups is 1. The van der Waals surface area contributed by atoms with E-state index >= 15 is 0 Å². The van der Waals surface area contributed by atoms with Crippen LogP contribution in [0.15, 0.2) is 33.6 Å². The second kappa shape index (κ2) is 5.68. The molecule has 138 valence electrons. The molecule has 1 aromatic rings. The Labute approximate surface area is 146 Å². The van der Waals surface area contributed by atoms with Crippen molar-refractivity contribution in [3.63, 3.8) is 0 Å². The van der Waals surface area contributed by atoms with Crippen LogP contribution in [0.3, 0.4) is 0 Å². The summed E-state index contributed by atoms with van der Waals surface area (Å²) >= 11 is 0. The Morgan fingerprint density at radius 1 is 1.46 bits per heavy atom. The van der Waals surface area contributed by atoms with E-state index in [0.717, 1.165) is 0 Å². The van der Waals surface area contributed by atoms with E-state index in [1.165, 1.54) is 24.4 Å². The first kappa shape index (κ1) is 16.8. The lowest BCUT2D eigenvalue weighted by atomic mass is 9.81. The van der Waals surface area contributed by atoms with Crippen LogP contribution in [0.4, 0.5) is 13.2 Å². The van der Waals surface area contributed by atoms with Gasteiger partial charge in [-0.3, -0.25) is 9.79 Å². The molecule has 0 saturated carbocycles. The van der Waals surface area contributed by atoms with E-state index < -0.39 is 36.0 Å². The number of hydrazone groups is 1. The quantitative estimate of drug-likeness (QED) is 0.769. The number of esters is 1. The summed E-state index contributed by atoms with van der Waals surface area (Å²) in [7, 11) is 1.28. The van der Waals surface area contributed by atoms with E-state index in [9.17, 15) is 18.0 Å². The minimum absolute atomic E-state index is 0.0255. The van der Waals surface area contributed by atoms with E-state index in [2.05, 4.69) is 15.2 Å². The molecule has 0 aromatic carbocycles. The predicted molar refractivity (Wildman–Crippen MR) is 85.3 cm³/mol. The van der Waals surface area contributed by atoms with E-state index in [0.29, 0.717) is 21.6 Å². The van der Waals surface area contributed by atoms with Gasteiger partial charge in [0, 0.05) is 18.0 Å². The number of nitrogens with zero attached hydrogens (tertiary/aromatic N) is 5. The van der Waals surface area contributed by atoms with Gasteiger partial charge in [-0.25, -0.2) is 9.69 Å². The highest BCUT2D eigenvalue weighted by atomic mass is 19.3. The standard InChI is InChI=1S/C16H16F3N5O2/c1-16(10-3-4-23(21-10)15(18)19)6-8(14(25)26-2)9-7-20-12-5-11(17)22-24(12)13(9)16/h3-4,7-8,12,15H,5-6H2,1-2H3. The van der Waals surface area contributed by atoms with Crippen LogP contribution in [-0.4, -0.2) is 46.2 Å². The normalized spacial score (nSPS) is 29.9. The largest absolute Gasteiger partial charge is 0.469 e. The molecule has 10 heteroatoms. The van der Waals surface area contributed by atoms with Gasteiger partial charge < -0.3 is 4.74 Å². The lowest BCUT2D eigenvalue weighted by Crippen LogP contribution is -2.37. The van der Waals surface area contributed by atoms with Crippen molar-refractivity contribution < 1.29 is 22.7 Å². The van der Waals surface area contributed by atoms with Crippen molar-refractivity contribution in [3.8, 4) is 0 Å². The number of aliphatic imine (C=N–C) groups is 1. The summed E-state index contributed by atoms with van der Waals surface area (Å²) in [5, 5.41) is 9.33. The lowest BCUT2D eigenvalue weighted by molar-refractivity contribution is -0.144. The zero-order valence-electron chi connectivity index (χ0n) is 14.1. The molecule has 2 aliphatic heterocycles. The maximum Gasteiger partial charge on any atom is 0.333 e. The second-order valence-corrected chi connectivity index (χ2v) is 6.66. The highest BCUT2D eigenvalue weighted by Crippen LogP contribution is 2.51. The summed E-state index contributed by atoms with van der Waals surface area (Å²) in [6, 6.07) is 1.48. The minimum atomic E-state index is -2.78. The SMILES string of the molecule is COC(=O)C1CC(C)(c2ccn(C(F)F)n2)C2=C1C=NC1CC(F)=NN21. The van der Waals surface area contributed by atoms with Gasteiger partial charge in [0.05, 0.1) is 36.3 Å². The molecule has 0 amide bonds. The van der Waals surface area contributed by atoms with Crippen LogP contribution < -0.4 is 0 Å². The predicted octanol–water partition coefficient (Wildman–Crippen LogP) is 2.38. The second-order valence-electron chi connectivity index (χ2n) is 6.66. The van der Waals surface area contributed by atoms with Gasteiger partial charge in [-0.15, -0.1) is 5.10 Å². The van der Waals surface area contributed by atoms with Crippen LogP contribution in [0.5, 0.6) is 0 Å². The third-order valence-electron chi connectivity index (χ3n) is 5.11. The maximum absolute atomic E-state index is 13.8. The fraction of sp³-hybridized carbons (Fsp3) is 0.500. The smallest absolute Gasteiger partial charge is 0.333 e. The molecule has 7 nitrogen and oxygen atoms in total. The van der Waals surface area contributed by atoms with E-state index in [-0.39, 0.29) is 12.8 Å². The zero-order valence-corrected chi connectivity index (χ0v) is 14.1. The average Bonchev–Trinajstić information content (AvgIpc) is 3.29. The van der Waals surface area contributed by atoms with E-state index in [4.69, 9.17) is 4.74 Å². The van der Waals surface area contributed by atoms with Crippen LogP contribution >= 0.6 is 0 Å². The molecule has 1 aliphatic carbocycles. The van der Waals surface area contributed by atoms with Crippen molar-refractivity contribution in [2.24, 2.45) is 16.0 Å². The lowest BCUT2D eigenvalue weighted by Gasteiger charge is -2.34. The Kier molecular flexibility index (Phi) is 3.67. The van der Waals surface area contributed by atoms with Gasteiger partial charge in [0.15, 0.2) is 0 Å². The van der Waals surface area contributed by atoms with Crippen molar-refractivity contribution in [1.82, 2.24) is 14.8 Å². The van der Waals surface area contributed by atoms with Crippen LogP contribution in [-0.2, 0) is 14.9 Å². The summed E-state index contributed by atoms with van der Waals surface area (Å²) in [4.78, 5) is 16.5. The molecule has 3 heterocycles. The molecule has 1 aromatic heterocycles. The number of rotatable bonds is 3. The molecular weight excluding hydrogens is 351 g/mol. The zero-order chi connectivity index (χ0) is 18.6. The topological polar surface area (TPSA) is 72.1 Å². The fourth-order valence-electron chi connectivity index (χ4n) is 3.90. The van der Waals surface area contributed by atoms with Crippen molar-refractivity contribution in [1.29, 1.82) is 0 Å². The molecule has 0 N–H and O–H groups in total. The van der Waals surface area contributed by atoms with E-state index in [1.807, 2.05) is 0 Å². The molecule has 3 aliphatic rings. The van der Waals surface area contributed by atoms with Crippen molar-refractivity contribution in [2.75, 3.05) is 7.11 Å². The van der Waals surface area contributed by atoms with Gasteiger partial charge in [-0.1, -0.05) is 0 Å². The van der Waals surface area contributed by atoms with Crippen LogP contribution in [0, 0.1) is 5.92 Å². The molecule has 0 bridgehead atoms. The Bertz CT molecular complexity index is 862.